The van der Waals surface area contributed by atoms with Gasteiger partial charge in [-0.15, -0.1) is 5.10 Å². The maximum Gasteiger partial charge on any atom is 0.329 e. The number of nitrogens with one attached hydrogen (secondary N) is 1. The highest BCUT2D eigenvalue weighted by Crippen LogP contribution is 2.13. The van der Waals surface area contributed by atoms with E-state index in [1.165, 1.54) is 11.0 Å². The first-order chi connectivity index (χ1) is 12.1. The van der Waals surface area contributed by atoms with Crippen LogP contribution in [0.5, 0.6) is 5.75 Å². The van der Waals surface area contributed by atoms with Gasteiger partial charge < -0.3 is 14.8 Å². The van der Waals surface area contributed by atoms with Crippen molar-refractivity contribution in [3.8, 4) is 5.75 Å². The van der Waals surface area contributed by atoms with E-state index in [1.807, 2.05) is 31.2 Å². The third-order valence-corrected chi connectivity index (χ3v) is 3.25. The maximum atomic E-state index is 12.0. The van der Waals surface area contributed by atoms with E-state index in [0.717, 1.165) is 11.3 Å². The molecule has 2 rings (SSSR count). The molecule has 1 aromatic carbocycles. The van der Waals surface area contributed by atoms with E-state index in [1.54, 1.807) is 6.92 Å². The predicted octanol–water partition coefficient (Wildman–Crippen LogP) is 1.81. The van der Waals surface area contributed by atoms with Crippen LogP contribution in [0.3, 0.4) is 0 Å². The van der Waals surface area contributed by atoms with E-state index in [4.69, 9.17) is 9.47 Å². The van der Waals surface area contributed by atoms with E-state index < -0.39 is 5.97 Å². The molecular formula is C17H22N4O4. The van der Waals surface area contributed by atoms with Crippen LogP contribution in [0.25, 0.3) is 0 Å². The van der Waals surface area contributed by atoms with E-state index in [2.05, 4.69) is 15.5 Å². The molecule has 0 unspecified atom stereocenters. The van der Waals surface area contributed by atoms with Crippen molar-refractivity contribution >= 4 is 17.7 Å². The highest BCUT2D eigenvalue weighted by Gasteiger charge is 2.09. The Kier molecular flexibility index (Phi) is 6.94. The Labute approximate surface area is 146 Å². The monoisotopic (exact) mass is 346 g/mol. The Morgan fingerprint density at radius 3 is 2.60 bits per heavy atom. The smallest absolute Gasteiger partial charge is 0.329 e. The fourth-order valence-corrected chi connectivity index (χ4v) is 2.14. The summed E-state index contributed by atoms with van der Waals surface area (Å²) in [5, 5.41) is 10.6. The zero-order valence-electron chi connectivity index (χ0n) is 14.4. The molecule has 0 aliphatic rings. The Hall–Kier alpha value is -2.90. The number of hydrogen-bond acceptors (Lipinski definition) is 6. The molecule has 0 saturated carbocycles. The number of benzene rings is 1. The van der Waals surface area contributed by atoms with Gasteiger partial charge in [-0.2, -0.15) is 9.90 Å². The van der Waals surface area contributed by atoms with Gasteiger partial charge in [0.25, 0.3) is 0 Å². The summed E-state index contributed by atoms with van der Waals surface area (Å²) in [6.07, 6.45) is 2.32. The van der Waals surface area contributed by atoms with Crippen molar-refractivity contribution < 1.29 is 19.1 Å². The second-order valence-corrected chi connectivity index (χ2v) is 5.19. The molecular weight excluding hydrogens is 324 g/mol. The first-order valence-electron chi connectivity index (χ1n) is 8.18. The molecule has 0 atom stereocenters. The second kappa shape index (κ2) is 9.41. The minimum Gasteiger partial charge on any atom is -0.494 e. The van der Waals surface area contributed by atoms with Gasteiger partial charge in [0.2, 0.25) is 5.91 Å². The average Bonchev–Trinajstić information content (AvgIpc) is 3.01. The van der Waals surface area contributed by atoms with Crippen LogP contribution >= 0.6 is 0 Å². The van der Waals surface area contributed by atoms with Crippen LogP contribution in [0.1, 0.15) is 25.8 Å². The lowest BCUT2D eigenvalue weighted by Crippen LogP contribution is -2.16. The SMILES string of the molecule is CCOC(=O)Cn1ncc(NC(=O)CCc2ccc(OCC)cc2)n1. The third-order valence-electron chi connectivity index (χ3n) is 3.25. The number of aromatic nitrogens is 3. The van der Waals surface area contributed by atoms with Crippen LogP contribution in [0.15, 0.2) is 30.5 Å². The first kappa shape index (κ1) is 18.4. The van der Waals surface area contributed by atoms with Gasteiger partial charge in [0.1, 0.15) is 5.75 Å². The molecule has 0 aliphatic heterocycles. The third kappa shape index (κ3) is 6.25. The number of carbonyl (C=O) groups excluding carboxylic acids is 2. The quantitative estimate of drug-likeness (QED) is 0.696. The largest absolute Gasteiger partial charge is 0.494 e. The van der Waals surface area contributed by atoms with Crippen molar-refractivity contribution in [2.45, 2.75) is 33.2 Å². The zero-order valence-corrected chi connectivity index (χ0v) is 14.4. The molecule has 8 nitrogen and oxygen atoms in total. The van der Waals surface area contributed by atoms with E-state index in [0.29, 0.717) is 31.9 Å². The fraction of sp³-hybridized carbons (Fsp3) is 0.412. The number of anilines is 1. The molecule has 2 aromatic rings. The van der Waals surface area contributed by atoms with E-state index in [9.17, 15) is 9.59 Å². The highest BCUT2D eigenvalue weighted by atomic mass is 16.5. The Balaban J connectivity index is 1.78. The minimum absolute atomic E-state index is 0.0874. The molecule has 0 saturated heterocycles. The number of amides is 1. The maximum absolute atomic E-state index is 12.0. The normalized spacial score (nSPS) is 10.3. The van der Waals surface area contributed by atoms with Crippen molar-refractivity contribution in [3.05, 3.63) is 36.0 Å². The summed E-state index contributed by atoms with van der Waals surface area (Å²) < 4.78 is 10.2. The second-order valence-electron chi connectivity index (χ2n) is 5.19. The summed E-state index contributed by atoms with van der Waals surface area (Å²) in [5.74, 6) is 0.526. The Bertz CT molecular complexity index is 697. The topological polar surface area (TPSA) is 95.3 Å². The zero-order chi connectivity index (χ0) is 18.1. The highest BCUT2D eigenvalue weighted by molar-refractivity contribution is 5.89. The van der Waals surface area contributed by atoms with Crippen LogP contribution in [0, 0.1) is 0 Å². The van der Waals surface area contributed by atoms with Gasteiger partial charge in [-0.05, 0) is 38.0 Å². The molecule has 0 aliphatic carbocycles. The number of rotatable bonds is 9. The summed E-state index contributed by atoms with van der Waals surface area (Å²) in [4.78, 5) is 24.5. The van der Waals surface area contributed by atoms with Crippen LogP contribution in [0.4, 0.5) is 5.82 Å². The van der Waals surface area contributed by atoms with Crippen molar-refractivity contribution in [3.63, 3.8) is 0 Å². The summed E-state index contributed by atoms with van der Waals surface area (Å²) in [5.41, 5.74) is 1.05. The molecule has 1 amide bonds. The summed E-state index contributed by atoms with van der Waals surface area (Å²) >= 11 is 0. The molecule has 134 valence electrons. The van der Waals surface area contributed by atoms with Gasteiger partial charge in [0.15, 0.2) is 12.4 Å². The van der Waals surface area contributed by atoms with Gasteiger partial charge in [-0.25, -0.2) is 4.79 Å². The molecule has 1 heterocycles. The Morgan fingerprint density at radius 2 is 1.92 bits per heavy atom. The van der Waals surface area contributed by atoms with Gasteiger partial charge in [0, 0.05) is 6.42 Å². The van der Waals surface area contributed by atoms with Crippen LogP contribution in [-0.2, 0) is 27.3 Å². The van der Waals surface area contributed by atoms with Crippen molar-refractivity contribution in [2.24, 2.45) is 0 Å². The van der Waals surface area contributed by atoms with Gasteiger partial charge in [0.05, 0.1) is 19.4 Å². The lowest BCUT2D eigenvalue weighted by molar-refractivity contribution is -0.144. The van der Waals surface area contributed by atoms with Gasteiger partial charge in [-0.3, -0.25) is 4.79 Å². The molecule has 8 heteroatoms. The number of hydrogen-bond donors (Lipinski definition) is 1. The molecule has 0 bridgehead atoms. The van der Waals surface area contributed by atoms with Crippen molar-refractivity contribution in [2.75, 3.05) is 18.5 Å². The van der Waals surface area contributed by atoms with E-state index in [-0.39, 0.29) is 12.5 Å². The summed E-state index contributed by atoms with van der Waals surface area (Å²) in [6, 6.07) is 7.65. The molecule has 1 aromatic heterocycles. The Morgan fingerprint density at radius 1 is 1.16 bits per heavy atom. The molecule has 25 heavy (non-hydrogen) atoms. The average molecular weight is 346 g/mol. The molecule has 1 N–H and O–H groups in total. The summed E-state index contributed by atoms with van der Waals surface area (Å²) in [7, 11) is 0. The van der Waals surface area contributed by atoms with Gasteiger partial charge in [-0.1, -0.05) is 12.1 Å². The predicted molar refractivity (Wildman–Crippen MR) is 91.2 cm³/mol. The molecule has 0 spiro atoms. The number of esters is 1. The van der Waals surface area contributed by atoms with Gasteiger partial charge >= 0.3 is 5.97 Å². The number of carbonyl (C=O) groups is 2. The summed E-state index contributed by atoms with van der Waals surface area (Å²) in [6.45, 7) is 4.50. The lowest BCUT2D eigenvalue weighted by Gasteiger charge is -2.05. The minimum atomic E-state index is -0.425. The molecule has 0 radical (unpaired) electrons. The van der Waals surface area contributed by atoms with E-state index >= 15 is 0 Å². The van der Waals surface area contributed by atoms with Crippen molar-refractivity contribution in [1.82, 2.24) is 15.0 Å². The van der Waals surface area contributed by atoms with Crippen LogP contribution in [-0.4, -0.2) is 40.1 Å². The van der Waals surface area contributed by atoms with Crippen LogP contribution in [0.2, 0.25) is 0 Å². The van der Waals surface area contributed by atoms with Crippen molar-refractivity contribution in [1.29, 1.82) is 0 Å². The standard InChI is InChI=1S/C17H22N4O4/c1-3-24-14-8-5-13(6-9-14)7-10-16(22)19-15-11-18-21(20-15)12-17(23)25-4-2/h5-6,8-9,11H,3-4,7,10,12H2,1-2H3,(H,19,20,22). The lowest BCUT2D eigenvalue weighted by atomic mass is 10.1. The first-order valence-corrected chi connectivity index (χ1v) is 8.18. The molecule has 0 fully saturated rings. The van der Waals surface area contributed by atoms with Crippen LogP contribution < -0.4 is 10.1 Å². The number of aryl methyl sites for hydroxylation is 1. The fourth-order valence-electron chi connectivity index (χ4n) is 2.14. The number of nitrogens with zero attached hydrogens (tertiary/aromatic N) is 3. The number of ether oxygens (including phenoxy) is 2.